The predicted molar refractivity (Wildman–Crippen MR) is 92.5 cm³/mol. The molecule has 1 fully saturated rings. The third-order valence-electron chi connectivity index (χ3n) is 4.49. The molecule has 1 aliphatic rings. The second-order valence-electron chi connectivity index (χ2n) is 6.43. The Balaban J connectivity index is 1.62. The van der Waals surface area contributed by atoms with E-state index in [1.54, 1.807) is 6.07 Å². The van der Waals surface area contributed by atoms with E-state index in [0.29, 0.717) is 17.3 Å². The average molecular weight is 327 g/mol. The number of carbonyl (C=O) groups is 1. The predicted octanol–water partition coefficient (Wildman–Crippen LogP) is 3.36. The molecule has 1 amide bonds. The monoisotopic (exact) mass is 327 g/mol. The second-order valence-corrected chi connectivity index (χ2v) is 6.43. The van der Waals surface area contributed by atoms with Gasteiger partial charge in [-0.15, -0.1) is 0 Å². The van der Waals surface area contributed by atoms with E-state index in [1.807, 2.05) is 12.1 Å². The van der Waals surface area contributed by atoms with Crippen molar-refractivity contribution in [2.24, 2.45) is 5.92 Å². The molecule has 1 aliphatic heterocycles. The Bertz CT molecular complexity index is 694. The molecule has 2 heterocycles. The number of halogens is 1. The number of nitrogens with zero attached hydrogens (tertiary/aromatic N) is 2. The first-order valence-electron chi connectivity index (χ1n) is 8.31. The minimum Gasteiger partial charge on any atom is -0.307 e. The number of nitrogens with one attached hydrogen (secondary N) is 1. The maximum atomic E-state index is 12.9. The normalized spacial score (nSPS) is 16.1. The number of carbonyl (C=O) groups excluding carboxylic acids is 1. The number of piperidine rings is 1. The zero-order valence-corrected chi connectivity index (χ0v) is 13.8. The topological polar surface area (TPSA) is 45.2 Å². The fraction of sp³-hybridized carbons (Fsp3) is 0.368. The minimum atomic E-state index is -0.357. The van der Waals surface area contributed by atoms with E-state index < -0.39 is 0 Å². The van der Waals surface area contributed by atoms with Crippen LogP contribution in [0.4, 0.5) is 10.2 Å². The van der Waals surface area contributed by atoms with Crippen molar-refractivity contribution in [2.75, 3.05) is 25.5 Å². The van der Waals surface area contributed by atoms with E-state index in [-0.39, 0.29) is 11.7 Å². The van der Waals surface area contributed by atoms with Crippen LogP contribution in [0.2, 0.25) is 0 Å². The highest BCUT2D eigenvalue weighted by Crippen LogP contribution is 2.20. The summed E-state index contributed by atoms with van der Waals surface area (Å²) in [6, 6.07) is 11.2. The van der Waals surface area contributed by atoms with Crippen molar-refractivity contribution in [3.8, 4) is 0 Å². The first kappa shape index (κ1) is 16.6. The third kappa shape index (κ3) is 4.38. The Labute approximate surface area is 141 Å². The van der Waals surface area contributed by atoms with E-state index in [9.17, 15) is 9.18 Å². The van der Waals surface area contributed by atoms with Gasteiger partial charge in [0.1, 0.15) is 11.6 Å². The molecule has 0 bridgehead atoms. The first-order valence-corrected chi connectivity index (χ1v) is 8.31. The number of hydrogen-bond acceptors (Lipinski definition) is 3. The maximum absolute atomic E-state index is 12.9. The fourth-order valence-electron chi connectivity index (χ4n) is 3.01. The number of pyridine rings is 1. The number of anilines is 1. The van der Waals surface area contributed by atoms with Gasteiger partial charge >= 0.3 is 0 Å². The summed E-state index contributed by atoms with van der Waals surface area (Å²) in [5.41, 5.74) is 1.42. The van der Waals surface area contributed by atoms with E-state index in [1.165, 1.54) is 37.1 Å². The number of aromatic nitrogens is 1. The standard InChI is InChI=1S/C19H22FN3O/c1-23-11-9-14(10-12-23)13-17-3-2-4-18(21-17)22-19(24)15-5-7-16(20)8-6-15/h2-8,14H,9-13H2,1H3,(H,21,22,24). The van der Waals surface area contributed by atoms with Crippen molar-refractivity contribution in [3.63, 3.8) is 0 Å². The molecule has 1 aromatic heterocycles. The summed E-state index contributed by atoms with van der Waals surface area (Å²) in [7, 11) is 2.15. The van der Waals surface area contributed by atoms with Gasteiger partial charge in [-0.1, -0.05) is 6.07 Å². The lowest BCUT2D eigenvalue weighted by Gasteiger charge is -2.28. The zero-order chi connectivity index (χ0) is 16.9. The summed E-state index contributed by atoms with van der Waals surface area (Å²) in [6.07, 6.45) is 3.31. The first-order chi connectivity index (χ1) is 11.6. The number of hydrogen-bond donors (Lipinski definition) is 1. The highest BCUT2D eigenvalue weighted by molar-refractivity contribution is 6.03. The molecule has 0 atom stereocenters. The molecule has 4 nitrogen and oxygen atoms in total. The summed E-state index contributed by atoms with van der Waals surface area (Å²) in [5.74, 6) is 0.551. The van der Waals surface area contributed by atoms with Gasteiger partial charge in [-0.25, -0.2) is 9.37 Å². The number of amides is 1. The van der Waals surface area contributed by atoms with E-state index in [0.717, 1.165) is 25.2 Å². The van der Waals surface area contributed by atoms with Gasteiger partial charge < -0.3 is 10.2 Å². The fourth-order valence-corrected chi connectivity index (χ4v) is 3.01. The van der Waals surface area contributed by atoms with Crippen molar-refractivity contribution in [2.45, 2.75) is 19.3 Å². The molecule has 1 aromatic carbocycles. The minimum absolute atomic E-state index is 0.279. The SMILES string of the molecule is CN1CCC(Cc2cccc(NC(=O)c3ccc(F)cc3)n2)CC1. The molecule has 0 aliphatic carbocycles. The summed E-state index contributed by atoms with van der Waals surface area (Å²) in [6.45, 7) is 2.26. The molecule has 3 rings (SSSR count). The number of likely N-dealkylation sites (tertiary alicyclic amines) is 1. The molecular weight excluding hydrogens is 305 g/mol. The molecule has 0 unspecified atom stereocenters. The van der Waals surface area contributed by atoms with Crippen LogP contribution in [0.3, 0.4) is 0 Å². The Morgan fingerprint density at radius 1 is 1.21 bits per heavy atom. The molecule has 5 heteroatoms. The van der Waals surface area contributed by atoms with Crippen LogP contribution in [0.25, 0.3) is 0 Å². The van der Waals surface area contributed by atoms with Crippen LogP contribution in [0.5, 0.6) is 0 Å². The van der Waals surface area contributed by atoms with Crippen LogP contribution < -0.4 is 5.32 Å². The quantitative estimate of drug-likeness (QED) is 0.936. The van der Waals surface area contributed by atoms with Crippen LogP contribution in [-0.2, 0) is 6.42 Å². The van der Waals surface area contributed by atoms with Gasteiger partial charge in [0.25, 0.3) is 5.91 Å². The van der Waals surface area contributed by atoms with Gasteiger partial charge in [0.05, 0.1) is 0 Å². The van der Waals surface area contributed by atoms with Crippen molar-refractivity contribution in [1.29, 1.82) is 0 Å². The number of rotatable bonds is 4. The molecule has 24 heavy (non-hydrogen) atoms. The van der Waals surface area contributed by atoms with Crippen LogP contribution in [0.1, 0.15) is 28.9 Å². The molecule has 0 spiro atoms. The Hall–Kier alpha value is -2.27. The van der Waals surface area contributed by atoms with Crippen molar-refractivity contribution in [1.82, 2.24) is 9.88 Å². The average Bonchev–Trinajstić information content (AvgIpc) is 2.58. The van der Waals surface area contributed by atoms with Crippen molar-refractivity contribution < 1.29 is 9.18 Å². The largest absolute Gasteiger partial charge is 0.307 e. The smallest absolute Gasteiger partial charge is 0.256 e. The summed E-state index contributed by atoms with van der Waals surface area (Å²) >= 11 is 0. The van der Waals surface area contributed by atoms with Gasteiger partial charge in [0.15, 0.2) is 0 Å². The Morgan fingerprint density at radius 2 is 1.92 bits per heavy atom. The van der Waals surface area contributed by atoms with Gasteiger partial charge in [-0.3, -0.25) is 4.79 Å². The van der Waals surface area contributed by atoms with E-state index >= 15 is 0 Å². The van der Waals surface area contributed by atoms with Gasteiger partial charge in [-0.05, 0) is 81.7 Å². The Morgan fingerprint density at radius 3 is 2.62 bits per heavy atom. The second kappa shape index (κ2) is 7.53. The van der Waals surface area contributed by atoms with Crippen LogP contribution in [-0.4, -0.2) is 35.9 Å². The summed E-state index contributed by atoms with van der Waals surface area (Å²) in [5, 5.41) is 2.78. The third-order valence-corrected chi connectivity index (χ3v) is 4.49. The Kier molecular flexibility index (Phi) is 5.20. The number of benzene rings is 1. The molecule has 2 aromatic rings. The maximum Gasteiger partial charge on any atom is 0.256 e. The van der Waals surface area contributed by atoms with E-state index in [2.05, 4.69) is 22.2 Å². The van der Waals surface area contributed by atoms with Crippen LogP contribution >= 0.6 is 0 Å². The molecular formula is C19H22FN3O. The summed E-state index contributed by atoms with van der Waals surface area (Å²) in [4.78, 5) is 19.1. The van der Waals surface area contributed by atoms with Crippen molar-refractivity contribution >= 4 is 11.7 Å². The summed E-state index contributed by atoms with van der Waals surface area (Å²) < 4.78 is 12.9. The lowest BCUT2D eigenvalue weighted by Crippen LogP contribution is -2.31. The highest BCUT2D eigenvalue weighted by Gasteiger charge is 2.17. The lowest BCUT2D eigenvalue weighted by atomic mass is 9.92. The highest BCUT2D eigenvalue weighted by atomic mass is 19.1. The molecule has 1 saturated heterocycles. The molecule has 1 N–H and O–H groups in total. The van der Waals surface area contributed by atoms with Crippen LogP contribution in [0, 0.1) is 11.7 Å². The zero-order valence-electron chi connectivity index (χ0n) is 13.8. The molecule has 0 saturated carbocycles. The van der Waals surface area contributed by atoms with Crippen molar-refractivity contribution in [3.05, 3.63) is 59.5 Å². The van der Waals surface area contributed by atoms with E-state index in [4.69, 9.17) is 0 Å². The lowest BCUT2D eigenvalue weighted by molar-refractivity contribution is 0.102. The van der Waals surface area contributed by atoms with Gasteiger partial charge in [-0.2, -0.15) is 0 Å². The molecule has 126 valence electrons. The molecule has 0 radical (unpaired) electrons. The van der Waals surface area contributed by atoms with Gasteiger partial charge in [0, 0.05) is 11.3 Å². The van der Waals surface area contributed by atoms with Gasteiger partial charge in [0.2, 0.25) is 0 Å². The van der Waals surface area contributed by atoms with Crippen LogP contribution in [0.15, 0.2) is 42.5 Å².